The van der Waals surface area contributed by atoms with Crippen molar-refractivity contribution in [3.8, 4) is 0 Å². The summed E-state index contributed by atoms with van der Waals surface area (Å²) in [4.78, 5) is 12.9. The standard InChI is InChI=1S/C20H33F3N2O/c1-13-6-11-16(12-24-13)25-19(26)18-5-3-2-4-17(18)14-7-9-15(10-8-14)20(21,22)23/h13-18,24H,2-12H2,1H3,(H,25,26). The first-order valence-corrected chi connectivity index (χ1v) is 10.4. The van der Waals surface area contributed by atoms with Gasteiger partial charge in [-0.15, -0.1) is 0 Å². The Hall–Kier alpha value is -0.780. The molecule has 1 saturated heterocycles. The van der Waals surface area contributed by atoms with Crippen LogP contribution in [0.1, 0.15) is 71.1 Å². The van der Waals surface area contributed by atoms with Crippen LogP contribution >= 0.6 is 0 Å². The van der Waals surface area contributed by atoms with E-state index in [1.165, 1.54) is 0 Å². The van der Waals surface area contributed by atoms with E-state index in [0.29, 0.717) is 18.9 Å². The molecule has 0 aromatic heterocycles. The number of halogens is 3. The molecule has 4 atom stereocenters. The number of carbonyl (C=O) groups is 1. The molecular formula is C20H33F3N2O. The lowest BCUT2D eigenvalue weighted by Gasteiger charge is -2.41. The highest BCUT2D eigenvalue weighted by molar-refractivity contribution is 5.79. The molecule has 0 aromatic rings. The predicted octanol–water partition coefficient (Wildman–Crippen LogP) is 4.42. The predicted molar refractivity (Wildman–Crippen MR) is 95.6 cm³/mol. The van der Waals surface area contributed by atoms with Crippen LogP contribution in [0.4, 0.5) is 13.2 Å². The van der Waals surface area contributed by atoms with Gasteiger partial charge >= 0.3 is 6.18 Å². The average molecular weight is 374 g/mol. The lowest BCUT2D eigenvalue weighted by Crippen LogP contribution is -2.51. The highest BCUT2D eigenvalue weighted by Gasteiger charge is 2.44. The molecule has 6 heteroatoms. The quantitative estimate of drug-likeness (QED) is 0.768. The van der Waals surface area contributed by atoms with E-state index in [9.17, 15) is 18.0 Å². The summed E-state index contributed by atoms with van der Waals surface area (Å²) < 4.78 is 38.8. The van der Waals surface area contributed by atoms with Crippen molar-refractivity contribution in [2.45, 2.75) is 89.4 Å². The molecule has 2 saturated carbocycles. The first kappa shape index (κ1) is 20.0. The summed E-state index contributed by atoms with van der Waals surface area (Å²) >= 11 is 0. The van der Waals surface area contributed by atoms with Crippen molar-refractivity contribution in [3.05, 3.63) is 0 Å². The number of alkyl halides is 3. The zero-order valence-electron chi connectivity index (χ0n) is 15.8. The molecule has 3 fully saturated rings. The van der Waals surface area contributed by atoms with E-state index in [-0.39, 0.29) is 42.5 Å². The van der Waals surface area contributed by atoms with Crippen LogP contribution in [0.15, 0.2) is 0 Å². The molecule has 26 heavy (non-hydrogen) atoms. The Morgan fingerprint density at radius 1 is 0.962 bits per heavy atom. The second-order valence-corrected chi connectivity index (χ2v) is 8.80. The summed E-state index contributed by atoms with van der Waals surface area (Å²) in [5, 5.41) is 6.64. The molecular weight excluding hydrogens is 341 g/mol. The minimum Gasteiger partial charge on any atom is -0.352 e. The molecule has 150 valence electrons. The topological polar surface area (TPSA) is 41.1 Å². The molecule has 0 aromatic carbocycles. The summed E-state index contributed by atoms with van der Waals surface area (Å²) in [5.74, 6) is -0.433. The summed E-state index contributed by atoms with van der Waals surface area (Å²) in [6.07, 6.45) is 3.82. The summed E-state index contributed by atoms with van der Waals surface area (Å²) in [7, 11) is 0. The highest BCUT2D eigenvalue weighted by Crippen LogP contribution is 2.46. The van der Waals surface area contributed by atoms with E-state index in [0.717, 1.165) is 45.1 Å². The van der Waals surface area contributed by atoms with Crippen LogP contribution in [0.3, 0.4) is 0 Å². The van der Waals surface area contributed by atoms with Crippen LogP contribution in [-0.4, -0.2) is 30.7 Å². The molecule has 1 amide bonds. The van der Waals surface area contributed by atoms with Gasteiger partial charge in [-0.25, -0.2) is 0 Å². The van der Waals surface area contributed by atoms with Crippen LogP contribution in [0.5, 0.6) is 0 Å². The molecule has 3 nitrogen and oxygen atoms in total. The van der Waals surface area contributed by atoms with E-state index in [2.05, 4.69) is 17.6 Å². The Bertz CT molecular complexity index is 466. The smallest absolute Gasteiger partial charge is 0.352 e. The van der Waals surface area contributed by atoms with Gasteiger partial charge in [0.1, 0.15) is 0 Å². The minimum atomic E-state index is -4.06. The van der Waals surface area contributed by atoms with Crippen molar-refractivity contribution >= 4 is 5.91 Å². The van der Waals surface area contributed by atoms with Crippen LogP contribution in [0.2, 0.25) is 0 Å². The number of amides is 1. The fourth-order valence-corrected chi connectivity index (χ4v) is 5.35. The molecule has 3 rings (SSSR count). The number of piperidine rings is 1. The SMILES string of the molecule is CC1CCC(NC(=O)C2CCCCC2C2CCC(C(F)(F)F)CC2)CN1. The number of hydrogen-bond acceptors (Lipinski definition) is 2. The molecule has 1 heterocycles. The van der Waals surface area contributed by atoms with Gasteiger partial charge in [0.05, 0.1) is 5.92 Å². The fraction of sp³-hybridized carbons (Fsp3) is 0.950. The largest absolute Gasteiger partial charge is 0.391 e. The number of carbonyl (C=O) groups excluding carboxylic acids is 1. The summed E-state index contributed by atoms with van der Waals surface area (Å²) in [6.45, 7) is 2.98. The van der Waals surface area contributed by atoms with Gasteiger partial charge < -0.3 is 10.6 Å². The zero-order chi connectivity index (χ0) is 18.7. The maximum Gasteiger partial charge on any atom is 0.391 e. The number of rotatable bonds is 3. The van der Waals surface area contributed by atoms with Crippen LogP contribution in [-0.2, 0) is 4.79 Å². The Labute approximate surface area is 154 Å². The third kappa shape index (κ3) is 4.93. The van der Waals surface area contributed by atoms with Gasteiger partial charge in [0.15, 0.2) is 0 Å². The van der Waals surface area contributed by atoms with Crippen molar-refractivity contribution in [3.63, 3.8) is 0 Å². The molecule has 4 unspecified atom stereocenters. The first-order valence-electron chi connectivity index (χ1n) is 10.4. The van der Waals surface area contributed by atoms with Gasteiger partial charge in [0, 0.05) is 24.5 Å². The van der Waals surface area contributed by atoms with E-state index in [1.807, 2.05) is 0 Å². The van der Waals surface area contributed by atoms with E-state index < -0.39 is 12.1 Å². The maximum atomic E-state index is 12.9. The van der Waals surface area contributed by atoms with Crippen molar-refractivity contribution < 1.29 is 18.0 Å². The van der Waals surface area contributed by atoms with Crippen LogP contribution < -0.4 is 10.6 Å². The van der Waals surface area contributed by atoms with Gasteiger partial charge in [-0.3, -0.25) is 4.79 Å². The Morgan fingerprint density at radius 2 is 1.65 bits per heavy atom. The monoisotopic (exact) mass is 374 g/mol. The third-order valence-corrected chi connectivity index (χ3v) is 7.00. The van der Waals surface area contributed by atoms with Gasteiger partial charge in [-0.1, -0.05) is 12.8 Å². The van der Waals surface area contributed by atoms with Gasteiger partial charge in [0.2, 0.25) is 5.91 Å². The normalized spacial score (nSPS) is 39.4. The average Bonchev–Trinajstić information content (AvgIpc) is 2.63. The summed E-state index contributed by atoms with van der Waals surface area (Å²) in [5.41, 5.74) is 0. The molecule has 0 radical (unpaired) electrons. The van der Waals surface area contributed by atoms with Gasteiger partial charge in [0.25, 0.3) is 0 Å². The number of hydrogen-bond donors (Lipinski definition) is 2. The van der Waals surface area contributed by atoms with E-state index in [1.54, 1.807) is 0 Å². The summed E-state index contributed by atoms with van der Waals surface area (Å²) in [6, 6.07) is 0.705. The number of nitrogens with one attached hydrogen (secondary N) is 2. The second kappa shape index (κ2) is 8.49. The van der Waals surface area contributed by atoms with Crippen molar-refractivity contribution in [1.82, 2.24) is 10.6 Å². The zero-order valence-corrected chi connectivity index (χ0v) is 15.8. The molecule has 1 aliphatic heterocycles. The molecule has 3 aliphatic rings. The lowest BCUT2D eigenvalue weighted by atomic mass is 9.66. The van der Waals surface area contributed by atoms with Crippen molar-refractivity contribution in [2.24, 2.45) is 23.7 Å². The van der Waals surface area contributed by atoms with Gasteiger partial charge in [-0.2, -0.15) is 13.2 Å². The third-order valence-electron chi connectivity index (χ3n) is 7.00. The maximum absolute atomic E-state index is 12.9. The van der Waals surface area contributed by atoms with Crippen LogP contribution in [0.25, 0.3) is 0 Å². The van der Waals surface area contributed by atoms with E-state index >= 15 is 0 Å². The van der Waals surface area contributed by atoms with Crippen molar-refractivity contribution in [2.75, 3.05) is 6.54 Å². The minimum absolute atomic E-state index is 0.00413. The Kier molecular flexibility index (Phi) is 6.52. The second-order valence-electron chi connectivity index (χ2n) is 8.80. The van der Waals surface area contributed by atoms with Crippen molar-refractivity contribution in [1.29, 1.82) is 0 Å². The fourth-order valence-electron chi connectivity index (χ4n) is 5.35. The Morgan fingerprint density at radius 3 is 2.27 bits per heavy atom. The lowest BCUT2D eigenvalue weighted by molar-refractivity contribution is -0.185. The highest BCUT2D eigenvalue weighted by atomic mass is 19.4. The molecule has 0 spiro atoms. The first-order chi connectivity index (χ1) is 12.3. The molecule has 2 aliphatic carbocycles. The molecule has 0 bridgehead atoms. The molecule has 2 N–H and O–H groups in total. The van der Waals surface area contributed by atoms with Gasteiger partial charge in [-0.05, 0) is 70.1 Å². The van der Waals surface area contributed by atoms with Crippen LogP contribution in [0, 0.1) is 23.7 Å². The Balaban J connectivity index is 1.55. The van der Waals surface area contributed by atoms with E-state index in [4.69, 9.17) is 0 Å².